The molecule has 0 radical (unpaired) electrons. The summed E-state index contributed by atoms with van der Waals surface area (Å²) >= 11 is 0. The summed E-state index contributed by atoms with van der Waals surface area (Å²) in [5.41, 5.74) is 0.974. The van der Waals surface area contributed by atoms with Gasteiger partial charge in [0.2, 0.25) is 5.91 Å². The van der Waals surface area contributed by atoms with Crippen molar-refractivity contribution in [1.82, 2.24) is 5.32 Å². The minimum atomic E-state index is -5.03. The Labute approximate surface area is 112 Å². The largest absolute Gasteiger partial charge is 0.471 e. The summed E-state index contributed by atoms with van der Waals surface area (Å²) < 4.78 is 36.0. The first-order valence-corrected chi connectivity index (χ1v) is 5.62. The number of nitrogens with one attached hydrogen (secondary N) is 2. The monoisotopic (exact) mass is 290 g/mol. The molecule has 1 atom stereocenters. The maximum absolute atomic E-state index is 12.0. The molecule has 3 N–H and O–H groups in total. The number of carbonyl (C=O) groups excluding carboxylic acids is 2. The highest BCUT2D eigenvalue weighted by molar-refractivity contribution is 5.97. The summed E-state index contributed by atoms with van der Waals surface area (Å²) in [6.45, 7) is 0.979. The zero-order valence-corrected chi connectivity index (χ0v) is 10.5. The van der Waals surface area contributed by atoms with Crippen LogP contribution in [0.5, 0.6) is 0 Å². The smallest absolute Gasteiger partial charge is 0.392 e. The molecule has 1 rings (SSSR count). The molecule has 1 unspecified atom stereocenters. The lowest BCUT2D eigenvalue weighted by atomic mass is 10.2. The second-order valence-corrected chi connectivity index (χ2v) is 4.04. The summed E-state index contributed by atoms with van der Waals surface area (Å²) in [4.78, 5) is 22.3. The van der Waals surface area contributed by atoms with E-state index in [1.54, 1.807) is 17.4 Å². The van der Waals surface area contributed by atoms with Gasteiger partial charge < -0.3 is 15.7 Å². The van der Waals surface area contributed by atoms with Crippen molar-refractivity contribution >= 4 is 17.5 Å². The van der Waals surface area contributed by atoms with E-state index in [-0.39, 0.29) is 6.61 Å². The molecule has 5 nitrogen and oxygen atoms in total. The summed E-state index contributed by atoms with van der Waals surface area (Å²) in [6, 6.07) is 4.74. The highest BCUT2D eigenvalue weighted by Gasteiger charge is 2.39. The zero-order chi connectivity index (χ0) is 15.3. The molecule has 0 saturated heterocycles. The lowest BCUT2D eigenvalue weighted by Gasteiger charge is -2.15. The second-order valence-electron chi connectivity index (χ2n) is 4.04. The Morgan fingerprint density at radius 2 is 1.80 bits per heavy atom. The highest BCUT2D eigenvalue weighted by Crippen LogP contribution is 2.15. The van der Waals surface area contributed by atoms with Crippen molar-refractivity contribution in [3.05, 3.63) is 29.8 Å². The minimum Gasteiger partial charge on any atom is -0.392 e. The lowest BCUT2D eigenvalue weighted by molar-refractivity contribution is -0.174. The third-order valence-electron chi connectivity index (χ3n) is 2.40. The highest BCUT2D eigenvalue weighted by atomic mass is 19.4. The van der Waals surface area contributed by atoms with Gasteiger partial charge in [-0.3, -0.25) is 9.59 Å². The Bertz CT molecular complexity index is 486. The molecule has 0 aromatic heterocycles. The predicted molar refractivity (Wildman–Crippen MR) is 64.7 cm³/mol. The number of hydrogen-bond donors (Lipinski definition) is 3. The first-order chi connectivity index (χ1) is 9.24. The topological polar surface area (TPSA) is 78.4 Å². The molecule has 2 amide bonds. The third-order valence-corrected chi connectivity index (χ3v) is 2.40. The van der Waals surface area contributed by atoms with E-state index in [4.69, 9.17) is 5.11 Å². The standard InChI is InChI=1S/C12H13F3N2O3/c1-7(16-11(20)12(13,14)15)10(19)17-9-4-2-8(6-18)3-5-9/h2-5,7,18H,6H2,1H3,(H,16,20)(H,17,19). The van der Waals surface area contributed by atoms with Crippen molar-refractivity contribution < 1.29 is 27.9 Å². The molecule has 0 fully saturated rings. The van der Waals surface area contributed by atoms with Crippen LogP contribution in [0.15, 0.2) is 24.3 Å². The van der Waals surface area contributed by atoms with Crippen molar-refractivity contribution in [2.24, 2.45) is 0 Å². The molecule has 0 saturated carbocycles. The van der Waals surface area contributed by atoms with E-state index in [0.29, 0.717) is 11.3 Å². The number of alkyl halides is 3. The maximum Gasteiger partial charge on any atom is 0.471 e. The number of benzene rings is 1. The third kappa shape index (κ3) is 4.54. The van der Waals surface area contributed by atoms with Crippen LogP contribution in [0.1, 0.15) is 12.5 Å². The SMILES string of the molecule is CC(NC(=O)C(F)(F)F)C(=O)Nc1ccc(CO)cc1. The minimum absolute atomic E-state index is 0.160. The van der Waals surface area contributed by atoms with Gasteiger partial charge in [-0.25, -0.2) is 0 Å². The molecule has 8 heteroatoms. The van der Waals surface area contributed by atoms with Crippen molar-refractivity contribution in [2.75, 3.05) is 5.32 Å². The van der Waals surface area contributed by atoms with Crippen LogP contribution in [0.3, 0.4) is 0 Å². The van der Waals surface area contributed by atoms with E-state index < -0.39 is 24.0 Å². The number of aliphatic hydroxyl groups is 1. The Kier molecular flexibility index (Phi) is 5.09. The molecule has 0 aliphatic rings. The zero-order valence-electron chi connectivity index (χ0n) is 10.5. The average molecular weight is 290 g/mol. The first-order valence-electron chi connectivity index (χ1n) is 5.62. The van der Waals surface area contributed by atoms with Gasteiger partial charge in [-0.05, 0) is 24.6 Å². The average Bonchev–Trinajstić information content (AvgIpc) is 2.38. The van der Waals surface area contributed by atoms with Gasteiger partial charge in [0.25, 0.3) is 0 Å². The van der Waals surface area contributed by atoms with Gasteiger partial charge in [0, 0.05) is 5.69 Å². The van der Waals surface area contributed by atoms with E-state index >= 15 is 0 Å². The summed E-state index contributed by atoms with van der Waals surface area (Å²) in [5.74, 6) is -2.95. The van der Waals surface area contributed by atoms with Crippen LogP contribution in [0.2, 0.25) is 0 Å². The number of amides is 2. The lowest BCUT2D eigenvalue weighted by Crippen LogP contribution is -2.47. The van der Waals surface area contributed by atoms with E-state index in [1.807, 2.05) is 0 Å². The molecule has 1 aromatic carbocycles. The van der Waals surface area contributed by atoms with Gasteiger partial charge in [-0.2, -0.15) is 13.2 Å². The van der Waals surface area contributed by atoms with Crippen LogP contribution < -0.4 is 10.6 Å². The fraction of sp³-hybridized carbons (Fsp3) is 0.333. The fourth-order valence-electron chi connectivity index (χ4n) is 1.29. The number of aliphatic hydroxyl groups excluding tert-OH is 1. The van der Waals surface area contributed by atoms with Crippen LogP contribution >= 0.6 is 0 Å². The van der Waals surface area contributed by atoms with Gasteiger partial charge in [0.1, 0.15) is 6.04 Å². The van der Waals surface area contributed by atoms with E-state index in [2.05, 4.69) is 5.32 Å². The Hall–Kier alpha value is -2.09. The molecule has 110 valence electrons. The summed E-state index contributed by atoms with van der Waals surface area (Å²) in [7, 11) is 0. The van der Waals surface area contributed by atoms with Gasteiger partial charge in [0.15, 0.2) is 0 Å². The molecule has 0 spiro atoms. The summed E-state index contributed by atoms with van der Waals surface area (Å²) in [6.07, 6.45) is -5.03. The number of rotatable bonds is 4. The van der Waals surface area contributed by atoms with Crippen LogP contribution in [0.25, 0.3) is 0 Å². The molecule has 20 heavy (non-hydrogen) atoms. The summed E-state index contributed by atoms with van der Waals surface area (Å²) in [5, 5.41) is 12.7. The number of halogens is 3. The Morgan fingerprint density at radius 1 is 1.25 bits per heavy atom. The van der Waals surface area contributed by atoms with Gasteiger partial charge in [-0.1, -0.05) is 12.1 Å². The first kappa shape index (κ1) is 16.0. The van der Waals surface area contributed by atoms with Crippen molar-refractivity contribution in [3.63, 3.8) is 0 Å². The molecule has 1 aromatic rings. The molecule has 0 bridgehead atoms. The van der Waals surface area contributed by atoms with E-state index in [9.17, 15) is 22.8 Å². The number of carbonyl (C=O) groups is 2. The Morgan fingerprint density at radius 3 is 2.25 bits per heavy atom. The van der Waals surface area contributed by atoms with Crippen LogP contribution in [-0.4, -0.2) is 29.1 Å². The molecular weight excluding hydrogens is 277 g/mol. The number of hydrogen-bond acceptors (Lipinski definition) is 3. The normalized spacial score (nSPS) is 12.7. The quantitative estimate of drug-likeness (QED) is 0.779. The molecule has 0 aliphatic carbocycles. The van der Waals surface area contributed by atoms with Crippen LogP contribution in [0, 0.1) is 0 Å². The predicted octanol–water partition coefficient (Wildman–Crippen LogP) is 1.18. The number of anilines is 1. The van der Waals surface area contributed by atoms with Crippen LogP contribution in [-0.2, 0) is 16.2 Å². The van der Waals surface area contributed by atoms with E-state index in [0.717, 1.165) is 6.92 Å². The molecular formula is C12H13F3N2O3. The van der Waals surface area contributed by atoms with Gasteiger partial charge >= 0.3 is 12.1 Å². The van der Waals surface area contributed by atoms with Crippen LogP contribution in [0.4, 0.5) is 18.9 Å². The molecule has 0 aliphatic heterocycles. The maximum atomic E-state index is 12.0. The van der Waals surface area contributed by atoms with Crippen molar-refractivity contribution in [1.29, 1.82) is 0 Å². The van der Waals surface area contributed by atoms with Crippen molar-refractivity contribution in [3.8, 4) is 0 Å². The second kappa shape index (κ2) is 6.38. The van der Waals surface area contributed by atoms with Gasteiger partial charge in [-0.15, -0.1) is 0 Å². The Balaban J connectivity index is 2.59. The van der Waals surface area contributed by atoms with Crippen molar-refractivity contribution in [2.45, 2.75) is 25.7 Å². The molecule has 0 heterocycles. The fourth-order valence-corrected chi connectivity index (χ4v) is 1.29. The van der Waals surface area contributed by atoms with Gasteiger partial charge in [0.05, 0.1) is 6.61 Å². The van der Waals surface area contributed by atoms with E-state index in [1.165, 1.54) is 12.1 Å².